The Labute approximate surface area is 228 Å². The van der Waals surface area contributed by atoms with Crippen molar-refractivity contribution >= 4 is 46.8 Å². The van der Waals surface area contributed by atoms with Crippen LogP contribution in [0.3, 0.4) is 0 Å². The number of likely N-dealkylation sites (tertiary alicyclic amines) is 1. The summed E-state index contributed by atoms with van der Waals surface area (Å²) in [4.78, 5) is 12.1. The van der Waals surface area contributed by atoms with Crippen LogP contribution in [0.4, 0.5) is 39.5 Å². The molecule has 39 heavy (non-hydrogen) atoms. The lowest BCUT2D eigenvalue weighted by atomic mass is 9.83. The molecule has 0 radical (unpaired) electrons. The van der Waals surface area contributed by atoms with E-state index in [1.54, 1.807) is 0 Å². The molecule has 2 aromatic carbocycles. The highest BCUT2D eigenvalue weighted by Crippen LogP contribution is 2.57. The summed E-state index contributed by atoms with van der Waals surface area (Å²) in [6, 6.07) is 6.03. The molecule has 0 unspecified atom stereocenters. The average Bonchev–Trinajstić information content (AvgIpc) is 3.43. The molecule has 0 aliphatic carbocycles. The number of carbonyl (C=O) groups excluding carboxylic acids is 1. The van der Waals surface area contributed by atoms with Crippen molar-refractivity contribution in [2.45, 2.75) is 41.7 Å². The second kappa shape index (κ2) is 8.92. The summed E-state index contributed by atoms with van der Waals surface area (Å²) in [7, 11) is 0. The van der Waals surface area contributed by atoms with Gasteiger partial charge in [0.25, 0.3) is 0 Å². The van der Waals surface area contributed by atoms with Crippen LogP contribution < -0.4 is 0 Å². The molecule has 1 atom stereocenters. The summed E-state index contributed by atoms with van der Waals surface area (Å²) in [6.45, 7) is -1.22. The molecule has 3 aliphatic heterocycles. The van der Waals surface area contributed by atoms with Crippen molar-refractivity contribution in [3.8, 4) is 0 Å². The van der Waals surface area contributed by atoms with Crippen molar-refractivity contribution in [2.75, 3.05) is 13.1 Å². The maximum atomic E-state index is 14.3. The van der Waals surface area contributed by atoms with Crippen LogP contribution in [0.5, 0.6) is 0 Å². The summed E-state index contributed by atoms with van der Waals surface area (Å²) in [5, 5.41) is -1.17. The third-order valence-electron chi connectivity index (χ3n) is 6.87. The van der Waals surface area contributed by atoms with Crippen molar-refractivity contribution in [3.05, 3.63) is 68.4 Å². The number of alkyl halides is 8. The first kappa shape index (κ1) is 28.4. The van der Waals surface area contributed by atoms with Crippen LogP contribution in [-0.4, -0.2) is 47.9 Å². The standard InChI is InChI=1S/C23H13Cl2F9N2O2S/c24-14-4-12(5-15(25)17(14)26)20(22(29,30)31)6-16(35-39-20)10-1-2-13-11(3-10)7-38-19(13)8-36(9-19)18(37)21(27,28)23(32,33)34/h1-5H,6-9H2/t20-/m0/s1. The lowest BCUT2D eigenvalue weighted by Crippen LogP contribution is -2.66. The number of fused-ring (bicyclic) bond motifs is 2. The van der Waals surface area contributed by atoms with Crippen molar-refractivity contribution in [1.29, 1.82) is 0 Å². The molecule has 0 N–H and O–H groups in total. The smallest absolute Gasteiger partial charge is 0.362 e. The van der Waals surface area contributed by atoms with E-state index in [0.29, 0.717) is 16.0 Å². The van der Waals surface area contributed by atoms with Crippen molar-refractivity contribution < 1.29 is 49.0 Å². The predicted molar refractivity (Wildman–Crippen MR) is 123 cm³/mol. The van der Waals surface area contributed by atoms with Gasteiger partial charge in [-0.1, -0.05) is 35.3 Å². The molecule has 0 saturated carbocycles. The summed E-state index contributed by atoms with van der Waals surface area (Å²) < 4.78 is 128. The number of halogens is 11. The van der Waals surface area contributed by atoms with Crippen LogP contribution in [-0.2, 0) is 26.5 Å². The van der Waals surface area contributed by atoms with Gasteiger partial charge in [-0.15, -0.1) is 0 Å². The molecule has 0 aromatic heterocycles. The van der Waals surface area contributed by atoms with Gasteiger partial charge in [0.2, 0.25) is 0 Å². The summed E-state index contributed by atoms with van der Waals surface area (Å²) in [5.41, 5.74) is -0.526. The van der Waals surface area contributed by atoms with E-state index in [2.05, 4.69) is 4.40 Å². The van der Waals surface area contributed by atoms with Crippen molar-refractivity contribution in [2.24, 2.45) is 4.40 Å². The lowest BCUT2D eigenvalue weighted by molar-refractivity contribution is -0.280. The second-order valence-electron chi connectivity index (χ2n) is 9.27. The zero-order chi connectivity index (χ0) is 28.8. The van der Waals surface area contributed by atoms with Gasteiger partial charge in [0.15, 0.2) is 10.6 Å². The van der Waals surface area contributed by atoms with E-state index in [0.717, 1.165) is 12.1 Å². The largest absolute Gasteiger partial charge is 0.463 e. The molecule has 16 heteroatoms. The fourth-order valence-electron chi connectivity index (χ4n) is 4.77. The Bertz CT molecular complexity index is 1380. The number of carbonyl (C=O) groups is 1. The Balaban J connectivity index is 1.38. The molecule has 3 aliphatic rings. The third-order valence-corrected chi connectivity index (χ3v) is 8.66. The average molecular weight is 623 g/mol. The highest BCUT2D eigenvalue weighted by Gasteiger charge is 2.67. The summed E-state index contributed by atoms with van der Waals surface area (Å²) in [5.74, 6) is -9.01. The van der Waals surface area contributed by atoms with Crippen molar-refractivity contribution in [3.63, 3.8) is 0 Å². The SMILES string of the molecule is O=C(N1CC2(C1)OCc1cc(C3=NS[C@@](c4cc(Cl)c(F)c(Cl)c4)(C(F)(F)F)C3)ccc12)C(F)(F)C(F)(F)F. The Morgan fingerprint density at radius 3 is 2.18 bits per heavy atom. The van der Waals surface area contributed by atoms with Crippen LogP contribution in [0.1, 0.15) is 28.7 Å². The highest BCUT2D eigenvalue weighted by atomic mass is 35.5. The number of hydrogen-bond donors (Lipinski definition) is 0. The molecule has 1 saturated heterocycles. The minimum Gasteiger partial charge on any atom is -0.362 e. The Morgan fingerprint density at radius 2 is 1.62 bits per heavy atom. The molecule has 0 bridgehead atoms. The molecule has 4 nitrogen and oxygen atoms in total. The van der Waals surface area contributed by atoms with E-state index in [9.17, 15) is 44.3 Å². The lowest BCUT2D eigenvalue weighted by Gasteiger charge is -2.48. The first-order valence-electron chi connectivity index (χ1n) is 10.9. The van der Waals surface area contributed by atoms with Gasteiger partial charge < -0.3 is 9.64 Å². The van der Waals surface area contributed by atoms with Crippen molar-refractivity contribution in [1.82, 2.24) is 4.90 Å². The van der Waals surface area contributed by atoms with E-state index in [-0.39, 0.29) is 29.8 Å². The zero-order valence-electron chi connectivity index (χ0n) is 19.0. The summed E-state index contributed by atoms with van der Waals surface area (Å²) in [6.07, 6.45) is -11.6. The summed E-state index contributed by atoms with van der Waals surface area (Å²) >= 11 is 11.7. The Hall–Kier alpha value is -2.16. The molecule has 210 valence electrons. The number of nitrogens with zero attached hydrogens (tertiary/aromatic N) is 2. The van der Waals surface area contributed by atoms with E-state index in [1.165, 1.54) is 18.2 Å². The van der Waals surface area contributed by atoms with Gasteiger partial charge in [0.1, 0.15) is 5.60 Å². The van der Waals surface area contributed by atoms with E-state index >= 15 is 0 Å². The van der Waals surface area contributed by atoms with Gasteiger partial charge in [-0.25, -0.2) is 8.79 Å². The quantitative estimate of drug-likeness (QED) is 0.207. The minimum absolute atomic E-state index is 0.0351. The first-order chi connectivity index (χ1) is 17.9. The normalized spacial score (nSPS) is 22.6. The predicted octanol–water partition coefficient (Wildman–Crippen LogP) is 7.20. The Morgan fingerprint density at radius 1 is 1.00 bits per heavy atom. The maximum Gasteiger partial charge on any atom is 0.463 e. The number of rotatable bonds is 3. The van der Waals surface area contributed by atoms with E-state index in [4.69, 9.17) is 27.9 Å². The van der Waals surface area contributed by atoms with E-state index < -0.39 is 75.5 Å². The maximum absolute atomic E-state index is 14.3. The minimum atomic E-state index is -6.05. The zero-order valence-corrected chi connectivity index (χ0v) is 21.3. The number of benzene rings is 2. The fraction of sp³-hybridized carbons (Fsp3) is 0.391. The Kier molecular flexibility index (Phi) is 6.49. The molecular weight excluding hydrogens is 610 g/mol. The number of amides is 1. The number of ether oxygens (including phenoxy) is 1. The van der Waals surface area contributed by atoms with Gasteiger partial charge in [-0.05, 0) is 52.4 Å². The van der Waals surface area contributed by atoms with Gasteiger partial charge in [-0.2, -0.15) is 35.1 Å². The number of hydrogen-bond acceptors (Lipinski definition) is 4. The van der Waals surface area contributed by atoms with Crippen LogP contribution in [0.15, 0.2) is 34.7 Å². The van der Waals surface area contributed by atoms with Gasteiger partial charge in [0.05, 0.1) is 35.5 Å². The topological polar surface area (TPSA) is 41.9 Å². The molecule has 3 heterocycles. The van der Waals surface area contributed by atoms with E-state index in [1.807, 2.05) is 0 Å². The molecule has 2 aromatic rings. The first-order valence-corrected chi connectivity index (χ1v) is 12.4. The van der Waals surface area contributed by atoms with Crippen LogP contribution in [0.25, 0.3) is 0 Å². The molecular formula is C23H13Cl2F9N2O2S. The van der Waals surface area contributed by atoms with Crippen LogP contribution in [0, 0.1) is 5.82 Å². The highest BCUT2D eigenvalue weighted by molar-refractivity contribution is 7.99. The molecule has 1 spiro atoms. The van der Waals surface area contributed by atoms with Gasteiger partial charge >= 0.3 is 24.2 Å². The van der Waals surface area contributed by atoms with Gasteiger partial charge in [-0.3, -0.25) is 4.79 Å². The molecule has 1 amide bonds. The fourth-order valence-corrected chi connectivity index (χ4v) is 6.22. The van der Waals surface area contributed by atoms with Crippen LogP contribution in [0.2, 0.25) is 10.0 Å². The van der Waals surface area contributed by atoms with Gasteiger partial charge in [0, 0.05) is 6.42 Å². The molecule has 1 fully saturated rings. The second-order valence-corrected chi connectivity index (χ2v) is 11.1. The third kappa shape index (κ3) is 4.29. The molecule has 5 rings (SSSR count). The van der Waals surface area contributed by atoms with Crippen LogP contribution >= 0.6 is 35.1 Å². The monoisotopic (exact) mass is 622 g/mol.